The third-order valence-corrected chi connectivity index (χ3v) is 4.18. The molecular formula is C16H27NOS. The fourth-order valence-corrected chi connectivity index (χ4v) is 2.85. The summed E-state index contributed by atoms with van der Waals surface area (Å²) in [6.45, 7) is 4.23. The summed E-state index contributed by atoms with van der Waals surface area (Å²) < 4.78 is 0. The van der Waals surface area contributed by atoms with Crippen molar-refractivity contribution in [2.45, 2.75) is 78.1 Å². The second kappa shape index (κ2) is 10.1. The fourth-order valence-electron chi connectivity index (χ4n) is 2.24. The normalized spacial score (nSPS) is 10.8. The highest BCUT2D eigenvalue weighted by Gasteiger charge is 2.06. The van der Waals surface area contributed by atoms with E-state index in [1.165, 1.54) is 44.9 Å². The minimum atomic E-state index is 0.344. The Morgan fingerprint density at radius 2 is 1.74 bits per heavy atom. The van der Waals surface area contributed by atoms with Crippen molar-refractivity contribution in [2.24, 2.45) is 0 Å². The van der Waals surface area contributed by atoms with Crippen molar-refractivity contribution < 1.29 is 4.79 Å². The van der Waals surface area contributed by atoms with E-state index in [0.29, 0.717) is 12.2 Å². The van der Waals surface area contributed by atoms with E-state index in [4.69, 9.17) is 0 Å². The summed E-state index contributed by atoms with van der Waals surface area (Å²) in [6, 6.07) is 0. The SMILES string of the molecule is CCCCCCCCCCC(=O)Cc1csc(C)n1. The summed E-state index contributed by atoms with van der Waals surface area (Å²) in [7, 11) is 0. The van der Waals surface area contributed by atoms with Gasteiger partial charge in [0, 0.05) is 18.2 Å². The van der Waals surface area contributed by atoms with Crippen LogP contribution in [0.3, 0.4) is 0 Å². The van der Waals surface area contributed by atoms with Crippen molar-refractivity contribution >= 4 is 17.1 Å². The van der Waals surface area contributed by atoms with Crippen molar-refractivity contribution in [1.29, 1.82) is 0 Å². The Labute approximate surface area is 121 Å². The Hall–Kier alpha value is -0.700. The van der Waals surface area contributed by atoms with E-state index in [9.17, 15) is 4.79 Å². The first-order valence-electron chi connectivity index (χ1n) is 7.65. The van der Waals surface area contributed by atoms with Gasteiger partial charge in [0.1, 0.15) is 5.78 Å². The number of rotatable bonds is 11. The average molecular weight is 281 g/mol. The molecule has 0 aliphatic heterocycles. The number of Topliss-reactive ketones (excluding diaryl/α,β-unsaturated/α-hetero) is 1. The van der Waals surface area contributed by atoms with Gasteiger partial charge in [-0.3, -0.25) is 4.79 Å². The van der Waals surface area contributed by atoms with Crippen LogP contribution in [0.1, 0.15) is 75.4 Å². The molecule has 2 nitrogen and oxygen atoms in total. The maximum Gasteiger partial charge on any atom is 0.138 e. The van der Waals surface area contributed by atoms with Crippen molar-refractivity contribution in [2.75, 3.05) is 0 Å². The van der Waals surface area contributed by atoms with E-state index in [1.54, 1.807) is 11.3 Å². The Balaban J connectivity index is 1.96. The standard InChI is InChI=1S/C16H27NOS/c1-3-4-5-6-7-8-9-10-11-16(18)12-15-13-19-14(2)17-15/h13H,3-12H2,1-2H3. The molecule has 0 aliphatic carbocycles. The molecule has 0 saturated carbocycles. The lowest BCUT2D eigenvalue weighted by molar-refractivity contribution is -0.118. The fraction of sp³-hybridized carbons (Fsp3) is 0.750. The quantitative estimate of drug-likeness (QED) is 0.528. The van der Waals surface area contributed by atoms with Crippen LogP contribution in [0.4, 0.5) is 0 Å². The van der Waals surface area contributed by atoms with Crippen LogP contribution >= 0.6 is 11.3 Å². The van der Waals surface area contributed by atoms with E-state index in [-0.39, 0.29) is 0 Å². The molecule has 1 heterocycles. The minimum absolute atomic E-state index is 0.344. The van der Waals surface area contributed by atoms with Gasteiger partial charge in [0.15, 0.2) is 0 Å². The molecule has 0 radical (unpaired) electrons. The second-order valence-corrected chi connectivity index (χ2v) is 6.36. The van der Waals surface area contributed by atoms with Crippen LogP contribution in [0, 0.1) is 6.92 Å². The average Bonchev–Trinajstić information content (AvgIpc) is 2.78. The molecule has 1 aromatic heterocycles. The monoisotopic (exact) mass is 281 g/mol. The van der Waals surface area contributed by atoms with Gasteiger partial charge in [0.05, 0.1) is 10.7 Å². The summed E-state index contributed by atoms with van der Waals surface area (Å²) in [5.74, 6) is 0.344. The summed E-state index contributed by atoms with van der Waals surface area (Å²) in [4.78, 5) is 16.1. The van der Waals surface area contributed by atoms with Crippen molar-refractivity contribution in [3.05, 3.63) is 16.1 Å². The predicted molar refractivity (Wildman–Crippen MR) is 82.8 cm³/mol. The molecule has 1 aromatic rings. The van der Waals surface area contributed by atoms with Crippen LogP contribution in [-0.4, -0.2) is 10.8 Å². The van der Waals surface area contributed by atoms with Gasteiger partial charge in [0.25, 0.3) is 0 Å². The first kappa shape index (κ1) is 16.4. The van der Waals surface area contributed by atoms with Gasteiger partial charge in [-0.05, 0) is 13.3 Å². The molecule has 1 rings (SSSR count). The number of unbranched alkanes of at least 4 members (excludes halogenated alkanes) is 7. The van der Waals surface area contributed by atoms with Gasteiger partial charge in [-0.1, -0.05) is 51.9 Å². The molecule has 108 valence electrons. The lowest BCUT2D eigenvalue weighted by atomic mass is 10.0. The number of ketones is 1. The van der Waals surface area contributed by atoms with Crippen LogP contribution < -0.4 is 0 Å². The number of nitrogens with zero attached hydrogens (tertiary/aromatic N) is 1. The maximum atomic E-state index is 11.8. The van der Waals surface area contributed by atoms with E-state index in [1.807, 2.05) is 12.3 Å². The number of carbonyl (C=O) groups is 1. The molecule has 0 N–H and O–H groups in total. The molecule has 0 aliphatic rings. The Bertz CT molecular complexity index is 359. The Morgan fingerprint density at radius 3 is 2.32 bits per heavy atom. The molecule has 0 spiro atoms. The molecular weight excluding hydrogens is 254 g/mol. The maximum absolute atomic E-state index is 11.8. The Morgan fingerprint density at radius 1 is 1.11 bits per heavy atom. The third kappa shape index (κ3) is 8.14. The lowest BCUT2D eigenvalue weighted by Crippen LogP contribution is -2.02. The number of carbonyl (C=O) groups excluding carboxylic acids is 1. The largest absolute Gasteiger partial charge is 0.299 e. The van der Waals surface area contributed by atoms with Crippen LogP contribution in [0.5, 0.6) is 0 Å². The van der Waals surface area contributed by atoms with E-state index in [0.717, 1.165) is 23.5 Å². The van der Waals surface area contributed by atoms with Crippen LogP contribution in [-0.2, 0) is 11.2 Å². The zero-order chi connectivity index (χ0) is 13.9. The first-order valence-corrected chi connectivity index (χ1v) is 8.53. The topological polar surface area (TPSA) is 30.0 Å². The highest BCUT2D eigenvalue weighted by Crippen LogP contribution is 2.12. The van der Waals surface area contributed by atoms with Gasteiger partial charge in [0.2, 0.25) is 0 Å². The molecule has 0 atom stereocenters. The molecule has 0 amide bonds. The van der Waals surface area contributed by atoms with E-state index >= 15 is 0 Å². The Kier molecular flexibility index (Phi) is 8.72. The minimum Gasteiger partial charge on any atom is -0.299 e. The number of aromatic nitrogens is 1. The van der Waals surface area contributed by atoms with Crippen molar-refractivity contribution in [3.8, 4) is 0 Å². The van der Waals surface area contributed by atoms with E-state index < -0.39 is 0 Å². The molecule has 3 heteroatoms. The smallest absolute Gasteiger partial charge is 0.138 e. The van der Waals surface area contributed by atoms with Gasteiger partial charge < -0.3 is 0 Å². The molecule has 19 heavy (non-hydrogen) atoms. The van der Waals surface area contributed by atoms with Gasteiger partial charge >= 0.3 is 0 Å². The predicted octanol–water partition coefficient (Wildman–Crippen LogP) is 5.09. The number of hydrogen-bond acceptors (Lipinski definition) is 3. The highest BCUT2D eigenvalue weighted by atomic mass is 32.1. The highest BCUT2D eigenvalue weighted by molar-refractivity contribution is 7.09. The van der Waals surface area contributed by atoms with Crippen LogP contribution in [0.25, 0.3) is 0 Å². The molecule has 0 unspecified atom stereocenters. The molecule has 0 saturated heterocycles. The summed E-state index contributed by atoms with van der Waals surface area (Å²) >= 11 is 1.62. The first-order chi connectivity index (χ1) is 9.22. The third-order valence-electron chi connectivity index (χ3n) is 3.35. The molecule has 0 bridgehead atoms. The zero-order valence-corrected chi connectivity index (χ0v) is 13.2. The molecule has 0 fully saturated rings. The van der Waals surface area contributed by atoms with Crippen LogP contribution in [0.15, 0.2) is 5.38 Å². The van der Waals surface area contributed by atoms with Gasteiger partial charge in [-0.25, -0.2) is 4.98 Å². The number of aryl methyl sites for hydroxylation is 1. The van der Waals surface area contributed by atoms with Crippen LogP contribution in [0.2, 0.25) is 0 Å². The van der Waals surface area contributed by atoms with Crippen molar-refractivity contribution in [3.63, 3.8) is 0 Å². The van der Waals surface area contributed by atoms with Gasteiger partial charge in [-0.15, -0.1) is 11.3 Å². The zero-order valence-electron chi connectivity index (χ0n) is 12.4. The van der Waals surface area contributed by atoms with Gasteiger partial charge in [-0.2, -0.15) is 0 Å². The molecule has 0 aromatic carbocycles. The lowest BCUT2D eigenvalue weighted by Gasteiger charge is -2.01. The summed E-state index contributed by atoms with van der Waals surface area (Å²) in [5.41, 5.74) is 0.951. The number of thiazole rings is 1. The van der Waals surface area contributed by atoms with E-state index in [2.05, 4.69) is 11.9 Å². The summed E-state index contributed by atoms with van der Waals surface area (Å²) in [5, 5.41) is 3.05. The summed E-state index contributed by atoms with van der Waals surface area (Å²) in [6.07, 6.45) is 11.5. The second-order valence-electron chi connectivity index (χ2n) is 5.30. The van der Waals surface area contributed by atoms with Crippen molar-refractivity contribution in [1.82, 2.24) is 4.98 Å². The number of hydrogen-bond donors (Lipinski definition) is 0.